The first-order valence-electron chi connectivity index (χ1n) is 12.2. The monoisotopic (exact) mass is 474 g/mol. The van der Waals surface area contributed by atoms with Gasteiger partial charge in [0.05, 0.1) is 6.42 Å². The third-order valence-electron chi connectivity index (χ3n) is 6.42. The zero-order valence-electron chi connectivity index (χ0n) is 21.1. The Morgan fingerprint density at radius 1 is 0.943 bits per heavy atom. The molecule has 184 valence electrons. The molecule has 0 saturated carbocycles. The lowest BCUT2D eigenvalue weighted by Crippen LogP contribution is -2.52. The van der Waals surface area contributed by atoms with Gasteiger partial charge in [-0.25, -0.2) is 4.39 Å². The van der Waals surface area contributed by atoms with Gasteiger partial charge in [0, 0.05) is 24.6 Å². The number of amides is 2. The van der Waals surface area contributed by atoms with Gasteiger partial charge in [0.15, 0.2) is 0 Å². The SMILES string of the molecule is CC[C@@H](C)NC(=O)[C@H](Cc1ccccc1)N(Cc1ccccc1F)C(=O)Cc1cc(C)ccc1C. The van der Waals surface area contributed by atoms with Crippen molar-refractivity contribution in [1.82, 2.24) is 10.2 Å². The molecule has 3 aromatic rings. The highest BCUT2D eigenvalue weighted by molar-refractivity contribution is 5.89. The average molecular weight is 475 g/mol. The molecule has 4 nitrogen and oxygen atoms in total. The van der Waals surface area contributed by atoms with Gasteiger partial charge in [0.1, 0.15) is 11.9 Å². The van der Waals surface area contributed by atoms with Crippen molar-refractivity contribution in [3.05, 3.63) is 106 Å². The fourth-order valence-electron chi connectivity index (χ4n) is 4.06. The van der Waals surface area contributed by atoms with Crippen LogP contribution >= 0.6 is 0 Å². The van der Waals surface area contributed by atoms with Crippen LogP contribution in [0.5, 0.6) is 0 Å². The summed E-state index contributed by atoms with van der Waals surface area (Å²) in [5.74, 6) is -0.825. The minimum absolute atomic E-state index is 0.0157. The third kappa shape index (κ3) is 7.25. The van der Waals surface area contributed by atoms with Crippen LogP contribution in [0.15, 0.2) is 72.8 Å². The van der Waals surface area contributed by atoms with Crippen molar-refractivity contribution in [2.45, 2.75) is 65.6 Å². The summed E-state index contributed by atoms with van der Waals surface area (Å²) in [6, 6.07) is 21.3. The molecule has 2 amide bonds. The van der Waals surface area contributed by atoms with Gasteiger partial charge in [-0.3, -0.25) is 9.59 Å². The molecule has 0 aliphatic carbocycles. The molecular formula is C30H35FN2O2. The molecule has 3 aromatic carbocycles. The summed E-state index contributed by atoms with van der Waals surface area (Å²) in [6.07, 6.45) is 1.26. The summed E-state index contributed by atoms with van der Waals surface area (Å²) in [6.45, 7) is 7.92. The van der Waals surface area contributed by atoms with Crippen LogP contribution in [0.25, 0.3) is 0 Å². The highest BCUT2D eigenvalue weighted by Gasteiger charge is 2.31. The maximum Gasteiger partial charge on any atom is 0.243 e. The molecule has 5 heteroatoms. The topological polar surface area (TPSA) is 49.4 Å². The van der Waals surface area contributed by atoms with E-state index in [9.17, 15) is 14.0 Å². The molecule has 0 aliphatic heterocycles. The number of halogens is 1. The predicted octanol–water partition coefficient (Wildman–Crippen LogP) is 5.54. The normalized spacial score (nSPS) is 12.6. The largest absolute Gasteiger partial charge is 0.352 e. The molecule has 1 N–H and O–H groups in total. The second-order valence-electron chi connectivity index (χ2n) is 9.24. The summed E-state index contributed by atoms with van der Waals surface area (Å²) in [4.78, 5) is 28.9. The van der Waals surface area contributed by atoms with Gasteiger partial charge in [0.2, 0.25) is 11.8 Å². The van der Waals surface area contributed by atoms with Gasteiger partial charge in [-0.2, -0.15) is 0 Å². The minimum atomic E-state index is -0.774. The van der Waals surface area contributed by atoms with Crippen LogP contribution in [0.4, 0.5) is 4.39 Å². The standard InChI is InChI=1S/C30H35FN2O2/c1-5-23(4)32-30(35)28(18-24-11-7-6-8-12-24)33(20-25-13-9-10-14-27(25)31)29(34)19-26-17-21(2)15-16-22(26)3/h6-17,23,28H,5,18-20H2,1-4H3,(H,32,35)/t23-,28+/m1/s1. The van der Waals surface area contributed by atoms with Crippen LogP contribution in [0.3, 0.4) is 0 Å². The number of carbonyl (C=O) groups is 2. The van der Waals surface area contributed by atoms with E-state index in [1.165, 1.54) is 6.07 Å². The molecule has 0 heterocycles. The molecule has 2 atom stereocenters. The van der Waals surface area contributed by atoms with E-state index in [2.05, 4.69) is 5.32 Å². The van der Waals surface area contributed by atoms with Crippen molar-refractivity contribution >= 4 is 11.8 Å². The summed E-state index contributed by atoms with van der Waals surface area (Å²) in [7, 11) is 0. The number of nitrogens with zero attached hydrogens (tertiary/aromatic N) is 1. The van der Waals surface area contributed by atoms with Gasteiger partial charge in [0.25, 0.3) is 0 Å². The lowest BCUT2D eigenvalue weighted by atomic mass is 9.99. The summed E-state index contributed by atoms with van der Waals surface area (Å²) in [5, 5.41) is 3.04. The number of hydrogen-bond acceptors (Lipinski definition) is 2. The van der Waals surface area contributed by atoms with Gasteiger partial charge in [-0.05, 0) is 49.9 Å². The van der Waals surface area contributed by atoms with Crippen molar-refractivity contribution in [3.8, 4) is 0 Å². The van der Waals surface area contributed by atoms with Crippen LogP contribution in [-0.4, -0.2) is 28.8 Å². The second-order valence-corrected chi connectivity index (χ2v) is 9.24. The fourth-order valence-corrected chi connectivity index (χ4v) is 4.06. The molecule has 35 heavy (non-hydrogen) atoms. The van der Waals surface area contributed by atoms with Gasteiger partial charge in [-0.1, -0.05) is 79.2 Å². The van der Waals surface area contributed by atoms with E-state index in [4.69, 9.17) is 0 Å². The van der Waals surface area contributed by atoms with Crippen LogP contribution in [-0.2, 0) is 29.0 Å². The summed E-state index contributed by atoms with van der Waals surface area (Å²) >= 11 is 0. The Bertz CT molecular complexity index is 1150. The molecule has 0 aromatic heterocycles. The molecule has 3 rings (SSSR count). The lowest BCUT2D eigenvalue weighted by Gasteiger charge is -2.32. The van der Waals surface area contributed by atoms with E-state index in [1.54, 1.807) is 23.1 Å². The molecule has 0 fully saturated rings. The number of carbonyl (C=O) groups excluding carboxylic acids is 2. The smallest absolute Gasteiger partial charge is 0.243 e. The maximum absolute atomic E-state index is 14.7. The second kappa shape index (κ2) is 12.3. The van der Waals surface area contributed by atoms with Crippen molar-refractivity contribution in [1.29, 1.82) is 0 Å². The minimum Gasteiger partial charge on any atom is -0.352 e. The zero-order chi connectivity index (χ0) is 25.4. The molecule has 0 radical (unpaired) electrons. The van der Waals surface area contributed by atoms with Crippen LogP contribution < -0.4 is 5.32 Å². The molecule has 0 saturated heterocycles. The van der Waals surface area contributed by atoms with Crippen molar-refractivity contribution in [2.75, 3.05) is 0 Å². The van der Waals surface area contributed by atoms with Gasteiger partial charge < -0.3 is 10.2 Å². The highest BCUT2D eigenvalue weighted by atomic mass is 19.1. The van der Waals surface area contributed by atoms with Crippen molar-refractivity contribution in [3.63, 3.8) is 0 Å². The number of nitrogens with one attached hydrogen (secondary N) is 1. The Kier molecular flexibility index (Phi) is 9.18. The Morgan fingerprint density at radius 3 is 2.31 bits per heavy atom. The van der Waals surface area contributed by atoms with E-state index in [-0.39, 0.29) is 30.8 Å². The van der Waals surface area contributed by atoms with Crippen LogP contribution in [0.2, 0.25) is 0 Å². The first kappa shape index (κ1) is 26.1. The molecule has 0 spiro atoms. The number of hydrogen-bond donors (Lipinski definition) is 1. The zero-order valence-corrected chi connectivity index (χ0v) is 21.1. The van der Waals surface area contributed by atoms with Crippen molar-refractivity contribution < 1.29 is 14.0 Å². The number of benzene rings is 3. The third-order valence-corrected chi connectivity index (χ3v) is 6.42. The predicted molar refractivity (Wildman–Crippen MR) is 138 cm³/mol. The Balaban J connectivity index is 2.01. The Morgan fingerprint density at radius 2 is 1.63 bits per heavy atom. The molecule has 0 unspecified atom stereocenters. The van der Waals surface area contributed by atoms with Crippen LogP contribution in [0.1, 0.15) is 48.1 Å². The van der Waals surface area contributed by atoms with Crippen LogP contribution in [0, 0.1) is 19.7 Å². The number of aryl methyl sites for hydroxylation is 2. The lowest BCUT2D eigenvalue weighted by molar-refractivity contribution is -0.141. The van der Waals surface area contributed by atoms with Gasteiger partial charge in [-0.15, -0.1) is 0 Å². The van der Waals surface area contributed by atoms with E-state index >= 15 is 0 Å². The summed E-state index contributed by atoms with van der Waals surface area (Å²) < 4.78 is 14.7. The Hall–Kier alpha value is -3.47. The van der Waals surface area contributed by atoms with E-state index < -0.39 is 11.9 Å². The highest BCUT2D eigenvalue weighted by Crippen LogP contribution is 2.20. The maximum atomic E-state index is 14.7. The van der Waals surface area contributed by atoms with E-state index in [1.807, 2.05) is 76.2 Å². The first-order valence-corrected chi connectivity index (χ1v) is 12.2. The van der Waals surface area contributed by atoms with Gasteiger partial charge >= 0.3 is 0 Å². The molecule has 0 bridgehead atoms. The summed E-state index contributed by atoms with van der Waals surface area (Å²) in [5.41, 5.74) is 4.31. The van der Waals surface area contributed by atoms with E-state index in [0.29, 0.717) is 12.0 Å². The Labute approximate surface area is 208 Å². The number of rotatable bonds is 10. The molecular weight excluding hydrogens is 439 g/mol. The van der Waals surface area contributed by atoms with Crippen molar-refractivity contribution in [2.24, 2.45) is 0 Å². The average Bonchev–Trinajstić information content (AvgIpc) is 2.85. The van der Waals surface area contributed by atoms with E-state index in [0.717, 1.165) is 28.7 Å². The molecule has 0 aliphatic rings. The first-order chi connectivity index (χ1) is 16.8. The fraction of sp³-hybridized carbons (Fsp3) is 0.333. The quantitative estimate of drug-likeness (QED) is 0.419.